The summed E-state index contributed by atoms with van der Waals surface area (Å²) >= 11 is 0. The fourth-order valence-corrected chi connectivity index (χ4v) is 21.5. The van der Waals surface area contributed by atoms with Crippen LogP contribution in [0.3, 0.4) is 0 Å². The standard InChI is InChI=1S/2C32H72N4P.BrH.ClH/c2*1-9-17-25-33(26-18-10-2)37(34(27-19-11-3)28-20-12-4,35(29-21-13-5)30-22-14-6)36(31-23-15-7)32-24-16-8;;/h2*9-32H2,1-8H3;2*1H/q2*+1;;/p-2. The van der Waals surface area contributed by atoms with E-state index in [1.54, 1.807) is 0 Å². The molecule has 464 valence electrons. The molecule has 0 bridgehead atoms. The van der Waals surface area contributed by atoms with Crippen molar-refractivity contribution in [3.05, 3.63) is 0 Å². The number of hydrogen-bond acceptors (Lipinski definition) is 8. The van der Waals surface area contributed by atoms with E-state index >= 15 is 0 Å². The number of rotatable bonds is 56. The second-order valence-electron chi connectivity index (χ2n) is 22.4. The van der Waals surface area contributed by atoms with E-state index in [1.807, 2.05) is 0 Å². The summed E-state index contributed by atoms with van der Waals surface area (Å²) in [5, 5.41) is 0. The first kappa shape index (κ1) is 83.8. The molecule has 0 atom stereocenters. The molecule has 0 radical (unpaired) electrons. The molecule has 0 heterocycles. The quantitative estimate of drug-likeness (QED) is 0.0556. The third-order valence-electron chi connectivity index (χ3n) is 15.4. The molecule has 0 saturated carbocycles. The predicted octanol–water partition coefficient (Wildman–Crippen LogP) is 14.6. The molecule has 0 spiro atoms. The lowest BCUT2D eigenvalue weighted by Crippen LogP contribution is -3.00. The number of hydrogen-bond donors (Lipinski definition) is 0. The van der Waals surface area contributed by atoms with Gasteiger partial charge in [0.15, 0.2) is 0 Å². The van der Waals surface area contributed by atoms with Crippen molar-refractivity contribution in [3.8, 4) is 0 Å². The summed E-state index contributed by atoms with van der Waals surface area (Å²) in [6.45, 7) is 58.5. The average molecular weight is 1200 g/mol. The van der Waals surface area contributed by atoms with E-state index in [2.05, 4.69) is 148 Å². The zero-order valence-electron chi connectivity index (χ0n) is 55.2. The monoisotopic (exact) mass is 1200 g/mol. The fourth-order valence-electron chi connectivity index (χ4n) is 10.6. The van der Waals surface area contributed by atoms with Crippen molar-refractivity contribution in [2.24, 2.45) is 0 Å². The topological polar surface area (TPSA) is 25.9 Å². The van der Waals surface area contributed by atoms with Gasteiger partial charge >= 0.3 is 15.7 Å². The second-order valence-corrected chi connectivity index (χ2v) is 29.0. The molecule has 0 saturated heterocycles. The summed E-state index contributed by atoms with van der Waals surface area (Å²) in [5.41, 5.74) is 0. The van der Waals surface area contributed by atoms with Crippen molar-refractivity contribution in [3.63, 3.8) is 0 Å². The number of unbranched alkanes of at least 4 members (excludes halogenated alkanes) is 16. The average Bonchev–Trinajstić information content (AvgIpc) is 3.42. The Morgan fingerprint density at radius 1 is 0.158 bits per heavy atom. The highest BCUT2D eigenvalue weighted by atomic mass is 79.9. The van der Waals surface area contributed by atoms with Crippen LogP contribution >= 0.6 is 15.7 Å². The molecule has 0 N–H and O–H groups in total. The van der Waals surface area contributed by atoms with Gasteiger partial charge in [-0.05, 0) is 103 Å². The maximum atomic E-state index is 3.11. The van der Waals surface area contributed by atoms with E-state index < -0.39 is 15.7 Å². The highest BCUT2D eigenvalue weighted by molar-refractivity contribution is 7.67. The Morgan fingerprint density at radius 3 is 0.276 bits per heavy atom. The summed E-state index contributed by atoms with van der Waals surface area (Å²) in [6.07, 6.45) is 41.9. The SMILES string of the molecule is CCCCN(CCCC)[P+](N(CCCC)CCCC)(N(CCCC)CCCC)N(CCCC)CCCC.CCCCN(CCCC)[P+](N(CCCC)CCCC)(N(CCCC)CCCC)N(CCCC)CCCC.[Br-].[Cl-]. The van der Waals surface area contributed by atoms with E-state index in [1.165, 1.54) is 310 Å². The van der Waals surface area contributed by atoms with Gasteiger partial charge in [-0.2, -0.15) is 0 Å². The van der Waals surface area contributed by atoms with Crippen molar-refractivity contribution in [1.29, 1.82) is 0 Å². The molecule has 76 heavy (non-hydrogen) atoms. The van der Waals surface area contributed by atoms with Crippen molar-refractivity contribution >= 4 is 15.7 Å². The Labute approximate surface area is 500 Å². The largest absolute Gasteiger partial charge is 1.00 e. The Bertz CT molecular complexity index is 816. The molecule has 0 unspecified atom stereocenters. The third kappa shape index (κ3) is 32.4. The lowest BCUT2D eigenvalue weighted by atomic mass is 10.3. The maximum absolute atomic E-state index is 3.11. The molecule has 0 aliphatic carbocycles. The molecule has 0 aromatic rings. The minimum absolute atomic E-state index is 0. The van der Waals surface area contributed by atoms with E-state index in [-0.39, 0.29) is 29.4 Å². The Balaban J connectivity index is -0.000000665. The Hall–Kier alpha value is 1.31. The van der Waals surface area contributed by atoms with Gasteiger partial charge in [-0.15, -0.1) is 37.4 Å². The Kier molecular flexibility index (Phi) is 65.5. The molecule has 0 aliphatic heterocycles. The smallest absolute Gasteiger partial charge is 0.308 e. The van der Waals surface area contributed by atoms with Crippen LogP contribution in [0.2, 0.25) is 0 Å². The summed E-state index contributed by atoms with van der Waals surface area (Å²) in [5.74, 6) is 0. The molecule has 12 heteroatoms. The first-order valence-corrected chi connectivity index (χ1v) is 37.2. The number of nitrogens with zero attached hydrogens (tertiary/aromatic N) is 8. The van der Waals surface area contributed by atoms with Crippen LogP contribution in [0.4, 0.5) is 0 Å². The van der Waals surface area contributed by atoms with Gasteiger partial charge < -0.3 is 29.4 Å². The molecule has 8 nitrogen and oxygen atoms in total. The van der Waals surface area contributed by atoms with Crippen LogP contribution in [0.5, 0.6) is 0 Å². The minimum atomic E-state index is -1.84. The molecule has 0 aromatic carbocycles. The van der Waals surface area contributed by atoms with Crippen LogP contribution in [-0.4, -0.2) is 142 Å². The lowest BCUT2D eigenvalue weighted by molar-refractivity contribution is -0.00100. The molecule has 0 rings (SSSR count). The zero-order valence-corrected chi connectivity index (χ0v) is 59.3. The van der Waals surface area contributed by atoms with Crippen molar-refractivity contribution in [2.75, 3.05) is 105 Å². The molecular formula is C64H144BrClN8P2. The van der Waals surface area contributed by atoms with Crippen LogP contribution in [0.25, 0.3) is 0 Å². The van der Waals surface area contributed by atoms with Crippen LogP contribution in [0.15, 0.2) is 0 Å². The maximum Gasteiger partial charge on any atom is 0.308 e. The molecular weight excluding hydrogens is 1060 g/mol. The van der Waals surface area contributed by atoms with Gasteiger partial charge in [-0.25, -0.2) is 0 Å². The lowest BCUT2D eigenvalue weighted by Gasteiger charge is -2.52. The van der Waals surface area contributed by atoms with Crippen molar-refractivity contribution < 1.29 is 29.4 Å². The highest BCUT2D eigenvalue weighted by Gasteiger charge is 2.61. The van der Waals surface area contributed by atoms with Gasteiger partial charge in [-0.3, -0.25) is 0 Å². The molecule has 0 amide bonds. The first-order chi connectivity index (χ1) is 36.2. The van der Waals surface area contributed by atoms with Gasteiger partial charge in [0.1, 0.15) is 0 Å². The summed E-state index contributed by atoms with van der Waals surface area (Å²) in [6, 6.07) is 0. The van der Waals surface area contributed by atoms with Crippen LogP contribution in [0, 0.1) is 0 Å². The van der Waals surface area contributed by atoms with Gasteiger partial charge in [0.05, 0.1) is 0 Å². The van der Waals surface area contributed by atoms with Crippen LogP contribution < -0.4 is 29.4 Å². The molecule has 0 fully saturated rings. The van der Waals surface area contributed by atoms with Gasteiger partial charge in [0, 0.05) is 105 Å². The number of halogens is 2. The van der Waals surface area contributed by atoms with Crippen LogP contribution in [-0.2, 0) is 0 Å². The van der Waals surface area contributed by atoms with Gasteiger partial charge in [0.25, 0.3) is 0 Å². The minimum Gasteiger partial charge on any atom is -1.00 e. The van der Waals surface area contributed by atoms with Gasteiger partial charge in [-0.1, -0.05) is 214 Å². The second kappa shape index (κ2) is 59.5. The van der Waals surface area contributed by atoms with Crippen molar-refractivity contribution in [2.45, 2.75) is 316 Å². The molecule has 0 aromatic heterocycles. The van der Waals surface area contributed by atoms with E-state index in [9.17, 15) is 0 Å². The fraction of sp³-hybridized carbons (Fsp3) is 1.00. The molecule has 0 aliphatic rings. The predicted molar refractivity (Wildman–Crippen MR) is 345 cm³/mol. The van der Waals surface area contributed by atoms with E-state index in [0.29, 0.717) is 0 Å². The normalized spacial score (nSPS) is 12.3. The zero-order chi connectivity index (χ0) is 55.6. The Morgan fingerprint density at radius 2 is 0.224 bits per heavy atom. The van der Waals surface area contributed by atoms with Gasteiger partial charge in [0.2, 0.25) is 0 Å². The highest BCUT2D eigenvalue weighted by Crippen LogP contribution is 2.72. The summed E-state index contributed by atoms with van der Waals surface area (Å²) in [4.78, 5) is 0. The van der Waals surface area contributed by atoms with E-state index in [0.717, 1.165) is 0 Å². The van der Waals surface area contributed by atoms with Crippen molar-refractivity contribution in [1.82, 2.24) is 37.4 Å². The first-order valence-electron chi connectivity index (χ1n) is 34.0. The third-order valence-corrected chi connectivity index (χ3v) is 24.6. The summed E-state index contributed by atoms with van der Waals surface area (Å²) < 4.78 is 24.9. The van der Waals surface area contributed by atoms with E-state index in [4.69, 9.17) is 0 Å². The van der Waals surface area contributed by atoms with Crippen LogP contribution in [0.1, 0.15) is 316 Å². The summed E-state index contributed by atoms with van der Waals surface area (Å²) in [7, 11) is -3.68.